The van der Waals surface area contributed by atoms with E-state index in [-0.39, 0.29) is 30.5 Å². The van der Waals surface area contributed by atoms with Crippen LogP contribution in [0, 0.1) is 16.0 Å². The minimum absolute atomic E-state index is 0.00568. The molecule has 0 bridgehead atoms. The van der Waals surface area contributed by atoms with Gasteiger partial charge < -0.3 is 10.4 Å². The third kappa shape index (κ3) is 4.31. The standard InChI is InChI=1S/C14H20N2O4/c1-10(2)14(3,18)9-15-13(17)8-11-6-4-5-7-12(11)16(19)20/h4-7,10,18H,8-9H2,1-3H3,(H,15,17). The highest BCUT2D eigenvalue weighted by Gasteiger charge is 2.25. The number of hydrogen-bond acceptors (Lipinski definition) is 4. The number of benzene rings is 1. The van der Waals surface area contributed by atoms with Crippen LogP contribution < -0.4 is 5.32 Å². The van der Waals surface area contributed by atoms with Crippen LogP contribution in [0.25, 0.3) is 0 Å². The van der Waals surface area contributed by atoms with E-state index in [9.17, 15) is 20.0 Å². The van der Waals surface area contributed by atoms with Crippen LogP contribution in [-0.2, 0) is 11.2 Å². The van der Waals surface area contributed by atoms with Crippen molar-refractivity contribution in [1.82, 2.24) is 5.32 Å². The lowest BCUT2D eigenvalue weighted by Crippen LogP contribution is -2.44. The molecule has 1 aromatic carbocycles. The van der Waals surface area contributed by atoms with Gasteiger partial charge in [-0.15, -0.1) is 0 Å². The molecule has 0 saturated heterocycles. The second kappa shape index (κ2) is 6.47. The van der Waals surface area contributed by atoms with E-state index < -0.39 is 10.5 Å². The summed E-state index contributed by atoms with van der Waals surface area (Å²) in [5.41, 5.74) is -0.712. The number of para-hydroxylation sites is 1. The number of aliphatic hydroxyl groups is 1. The molecule has 1 aromatic rings. The summed E-state index contributed by atoms with van der Waals surface area (Å²) in [7, 11) is 0. The van der Waals surface area contributed by atoms with Crippen molar-refractivity contribution in [2.45, 2.75) is 32.8 Å². The second-order valence-electron chi connectivity index (χ2n) is 5.35. The molecule has 0 radical (unpaired) electrons. The van der Waals surface area contributed by atoms with Gasteiger partial charge in [-0.25, -0.2) is 0 Å². The van der Waals surface area contributed by atoms with E-state index in [2.05, 4.69) is 5.32 Å². The first kappa shape index (κ1) is 16.1. The van der Waals surface area contributed by atoms with Gasteiger partial charge in [0.05, 0.1) is 16.9 Å². The van der Waals surface area contributed by atoms with Crippen LogP contribution in [0.5, 0.6) is 0 Å². The fraction of sp³-hybridized carbons (Fsp3) is 0.500. The Hall–Kier alpha value is -1.95. The Labute approximate surface area is 118 Å². The lowest BCUT2D eigenvalue weighted by molar-refractivity contribution is -0.385. The van der Waals surface area contributed by atoms with Crippen LogP contribution in [0.3, 0.4) is 0 Å². The molecule has 1 atom stereocenters. The Balaban J connectivity index is 2.66. The predicted octanol–water partition coefficient (Wildman–Crippen LogP) is 1.66. The van der Waals surface area contributed by atoms with Gasteiger partial charge in [0.25, 0.3) is 5.69 Å². The first-order valence-corrected chi connectivity index (χ1v) is 6.45. The van der Waals surface area contributed by atoms with E-state index >= 15 is 0 Å². The average molecular weight is 280 g/mol. The summed E-state index contributed by atoms with van der Waals surface area (Å²) in [6, 6.07) is 6.13. The maximum atomic E-state index is 11.8. The fourth-order valence-electron chi connectivity index (χ4n) is 1.56. The molecule has 1 rings (SSSR count). The Kier molecular flexibility index (Phi) is 5.21. The third-order valence-corrected chi connectivity index (χ3v) is 3.43. The average Bonchev–Trinajstić information content (AvgIpc) is 2.36. The van der Waals surface area contributed by atoms with Gasteiger partial charge in [-0.3, -0.25) is 14.9 Å². The zero-order chi connectivity index (χ0) is 15.3. The van der Waals surface area contributed by atoms with Crippen molar-refractivity contribution in [3.05, 3.63) is 39.9 Å². The largest absolute Gasteiger partial charge is 0.388 e. The number of nitrogens with zero attached hydrogens (tertiary/aromatic N) is 1. The van der Waals surface area contributed by atoms with Crippen molar-refractivity contribution >= 4 is 11.6 Å². The molecule has 0 saturated carbocycles. The highest BCUT2D eigenvalue weighted by molar-refractivity contribution is 5.79. The lowest BCUT2D eigenvalue weighted by Gasteiger charge is -2.27. The zero-order valence-corrected chi connectivity index (χ0v) is 11.9. The Morgan fingerprint density at radius 1 is 1.45 bits per heavy atom. The van der Waals surface area contributed by atoms with Crippen LogP contribution in [-0.4, -0.2) is 28.1 Å². The number of nitrogens with one attached hydrogen (secondary N) is 1. The van der Waals surface area contributed by atoms with Crippen LogP contribution in [0.1, 0.15) is 26.3 Å². The molecule has 0 spiro atoms. The second-order valence-corrected chi connectivity index (χ2v) is 5.35. The molecule has 6 nitrogen and oxygen atoms in total. The maximum absolute atomic E-state index is 11.8. The van der Waals surface area contributed by atoms with Crippen molar-refractivity contribution in [1.29, 1.82) is 0 Å². The summed E-state index contributed by atoms with van der Waals surface area (Å²) in [6.45, 7) is 5.47. The van der Waals surface area contributed by atoms with Crippen molar-refractivity contribution in [3.63, 3.8) is 0 Å². The summed E-state index contributed by atoms with van der Waals surface area (Å²) in [5.74, 6) is -0.353. The van der Waals surface area contributed by atoms with Gasteiger partial charge in [0.1, 0.15) is 0 Å². The van der Waals surface area contributed by atoms with Crippen LogP contribution in [0.2, 0.25) is 0 Å². The zero-order valence-electron chi connectivity index (χ0n) is 11.9. The first-order valence-electron chi connectivity index (χ1n) is 6.45. The van der Waals surface area contributed by atoms with Gasteiger partial charge in [0, 0.05) is 18.2 Å². The number of nitro benzene ring substituents is 1. The summed E-state index contributed by atoms with van der Waals surface area (Å²) < 4.78 is 0. The highest BCUT2D eigenvalue weighted by Crippen LogP contribution is 2.18. The number of rotatable bonds is 6. The third-order valence-electron chi connectivity index (χ3n) is 3.43. The Bertz CT molecular complexity index is 498. The molecule has 6 heteroatoms. The summed E-state index contributed by atoms with van der Waals surface area (Å²) >= 11 is 0. The monoisotopic (exact) mass is 280 g/mol. The first-order chi connectivity index (χ1) is 9.24. The predicted molar refractivity (Wildman–Crippen MR) is 75.3 cm³/mol. The molecule has 20 heavy (non-hydrogen) atoms. The molecule has 0 aliphatic rings. The maximum Gasteiger partial charge on any atom is 0.273 e. The van der Waals surface area contributed by atoms with E-state index in [1.165, 1.54) is 6.07 Å². The molecule has 0 aromatic heterocycles. The van der Waals surface area contributed by atoms with Crippen molar-refractivity contribution in [2.24, 2.45) is 5.92 Å². The van der Waals surface area contributed by atoms with Gasteiger partial charge in [0.15, 0.2) is 0 Å². The van der Waals surface area contributed by atoms with Gasteiger partial charge in [-0.05, 0) is 12.8 Å². The van der Waals surface area contributed by atoms with Crippen LogP contribution >= 0.6 is 0 Å². The number of amides is 1. The number of carbonyl (C=O) groups is 1. The minimum atomic E-state index is -1.00. The van der Waals surface area contributed by atoms with E-state index in [0.717, 1.165) is 0 Å². The number of carbonyl (C=O) groups excluding carboxylic acids is 1. The van der Waals surface area contributed by atoms with Crippen molar-refractivity contribution < 1.29 is 14.8 Å². The highest BCUT2D eigenvalue weighted by atomic mass is 16.6. The molecule has 0 heterocycles. The normalized spacial score (nSPS) is 13.8. The quantitative estimate of drug-likeness (QED) is 0.612. The summed E-state index contributed by atoms with van der Waals surface area (Å²) in [5, 5.41) is 23.5. The van der Waals surface area contributed by atoms with Crippen LogP contribution in [0.15, 0.2) is 24.3 Å². The molecular formula is C14H20N2O4. The topological polar surface area (TPSA) is 92.5 Å². The molecule has 0 aliphatic heterocycles. The SMILES string of the molecule is CC(C)C(C)(O)CNC(=O)Cc1ccccc1[N+](=O)[O-]. The molecule has 1 amide bonds. The fourth-order valence-corrected chi connectivity index (χ4v) is 1.56. The van der Waals surface area contributed by atoms with E-state index in [1.54, 1.807) is 25.1 Å². The smallest absolute Gasteiger partial charge is 0.273 e. The minimum Gasteiger partial charge on any atom is -0.388 e. The van der Waals surface area contributed by atoms with E-state index in [1.807, 2.05) is 13.8 Å². The van der Waals surface area contributed by atoms with Gasteiger partial charge in [0.2, 0.25) is 5.91 Å². The number of nitro groups is 1. The molecule has 0 aliphatic carbocycles. The van der Waals surface area contributed by atoms with Gasteiger partial charge in [-0.1, -0.05) is 32.0 Å². The molecule has 0 fully saturated rings. The van der Waals surface area contributed by atoms with Crippen LogP contribution in [0.4, 0.5) is 5.69 Å². The Morgan fingerprint density at radius 3 is 2.60 bits per heavy atom. The summed E-state index contributed by atoms with van der Waals surface area (Å²) in [4.78, 5) is 22.1. The Morgan fingerprint density at radius 2 is 2.05 bits per heavy atom. The molecule has 2 N–H and O–H groups in total. The van der Waals surface area contributed by atoms with Crippen molar-refractivity contribution in [2.75, 3.05) is 6.54 Å². The number of hydrogen-bond donors (Lipinski definition) is 2. The summed E-state index contributed by atoms with van der Waals surface area (Å²) in [6.07, 6.45) is -0.0780. The lowest BCUT2D eigenvalue weighted by atomic mass is 9.92. The molecular weight excluding hydrogens is 260 g/mol. The molecule has 1 unspecified atom stereocenters. The van der Waals surface area contributed by atoms with E-state index in [0.29, 0.717) is 5.56 Å². The van der Waals surface area contributed by atoms with Gasteiger partial charge in [-0.2, -0.15) is 0 Å². The van der Waals surface area contributed by atoms with Crippen molar-refractivity contribution in [3.8, 4) is 0 Å². The molecule has 110 valence electrons. The van der Waals surface area contributed by atoms with E-state index in [4.69, 9.17) is 0 Å². The van der Waals surface area contributed by atoms with Gasteiger partial charge >= 0.3 is 0 Å².